The fraction of sp³-hybridized carbons (Fsp3) is 0.429. The van der Waals surface area contributed by atoms with Gasteiger partial charge < -0.3 is 4.79 Å². The monoisotopic (exact) mass is 245 g/mol. The number of hydrogen-bond donors (Lipinski definition) is 0. The topological polar surface area (TPSA) is 30.0 Å². The normalized spacial score (nSPS) is 17.2. The molecule has 0 bridgehead atoms. The van der Waals surface area contributed by atoms with Crippen molar-refractivity contribution in [3.8, 4) is 0 Å². The summed E-state index contributed by atoms with van der Waals surface area (Å²) >= 11 is 1.82. The minimum Gasteiger partial charge on any atom is -0.303 e. The van der Waals surface area contributed by atoms with Gasteiger partial charge in [0.1, 0.15) is 6.29 Å². The quantitative estimate of drug-likeness (QED) is 0.765. The van der Waals surface area contributed by atoms with E-state index >= 15 is 0 Å². The van der Waals surface area contributed by atoms with Crippen LogP contribution in [0.15, 0.2) is 18.2 Å². The lowest BCUT2D eigenvalue weighted by Crippen LogP contribution is -1.93. The van der Waals surface area contributed by atoms with E-state index in [0.717, 1.165) is 17.7 Å². The second-order valence-electron chi connectivity index (χ2n) is 4.86. The summed E-state index contributed by atoms with van der Waals surface area (Å²) in [6.07, 6.45) is 4.18. The van der Waals surface area contributed by atoms with Gasteiger partial charge in [0, 0.05) is 12.3 Å². The van der Waals surface area contributed by atoms with Crippen molar-refractivity contribution in [2.24, 2.45) is 0 Å². The number of thiazole rings is 1. The highest BCUT2D eigenvalue weighted by Crippen LogP contribution is 2.43. The van der Waals surface area contributed by atoms with Crippen LogP contribution in [0, 0.1) is 0 Å². The third-order valence-corrected chi connectivity index (χ3v) is 4.57. The van der Waals surface area contributed by atoms with E-state index in [-0.39, 0.29) is 0 Å². The third kappa shape index (κ3) is 2.12. The van der Waals surface area contributed by atoms with Gasteiger partial charge in [-0.1, -0.05) is 13.0 Å². The molecular weight excluding hydrogens is 230 g/mol. The maximum Gasteiger partial charge on any atom is 0.120 e. The summed E-state index contributed by atoms with van der Waals surface area (Å²) in [4.78, 5) is 15.2. The molecule has 1 saturated carbocycles. The molecule has 0 N–H and O–H groups in total. The molecule has 1 fully saturated rings. The Hall–Kier alpha value is -1.22. The van der Waals surface area contributed by atoms with Crippen LogP contribution in [0.1, 0.15) is 48.6 Å². The molecule has 1 heterocycles. The molecule has 0 amide bonds. The van der Waals surface area contributed by atoms with Crippen LogP contribution in [0.3, 0.4) is 0 Å². The van der Waals surface area contributed by atoms with E-state index in [1.54, 1.807) is 0 Å². The summed E-state index contributed by atoms with van der Waals surface area (Å²) in [5.41, 5.74) is 2.32. The molecule has 1 unspecified atom stereocenters. The third-order valence-electron chi connectivity index (χ3n) is 3.37. The molecule has 17 heavy (non-hydrogen) atoms. The molecule has 0 aliphatic heterocycles. The molecule has 88 valence electrons. The molecule has 0 saturated heterocycles. The zero-order valence-corrected chi connectivity index (χ0v) is 10.7. The van der Waals surface area contributed by atoms with Crippen LogP contribution in [0.25, 0.3) is 10.2 Å². The molecular formula is C14H15NOS. The first-order valence-corrected chi connectivity index (χ1v) is 6.93. The Labute approximate surface area is 105 Å². The standard InChI is InChI=1S/C14H15NOS/c1-9(6-7-16)11-4-5-13-12(8-11)15-14(17-13)10-2-3-10/h4-5,7-10H,2-3,6H2,1H3. The molecule has 1 aromatic carbocycles. The Kier molecular flexibility index (Phi) is 2.71. The van der Waals surface area contributed by atoms with E-state index < -0.39 is 0 Å². The Morgan fingerprint density at radius 2 is 2.35 bits per heavy atom. The van der Waals surface area contributed by atoms with E-state index in [4.69, 9.17) is 4.98 Å². The maximum absolute atomic E-state index is 10.5. The molecule has 2 aromatic rings. The Morgan fingerprint density at radius 3 is 3.06 bits per heavy atom. The van der Waals surface area contributed by atoms with Crippen LogP contribution in [-0.2, 0) is 4.79 Å². The lowest BCUT2D eigenvalue weighted by atomic mass is 9.98. The van der Waals surface area contributed by atoms with Gasteiger partial charge in [-0.2, -0.15) is 0 Å². The number of fused-ring (bicyclic) bond motifs is 1. The molecule has 2 nitrogen and oxygen atoms in total. The molecule has 1 aromatic heterocycles. The first kappa shape index (κ1) is 10.9. The lowest BCUT2D eigenvalue weighted by Gasteiger charge is -2.07. The predicted molar refractivity (Wildman–Crippen MR) is 70.7 cm³/mol. The largest absolute Gasteiger partial charge is 0.303 e. The average Bonchev–Trinajstić information content (AvgIpc) is 3.08. The number of aromatic nitrogens is 1. The summed E-state index contributed by atoms with van der Waals surface area (Å²) in [7, 11) is 0. The van der Waals surface area contributed by atoms with Gasteiger partial charge in [0.05, 0.1) is 15.2 Å². The molecule has 1 aliphatic rings. The molecule has 0 radical (unpaired) electrons. The van der Waals surface area contributed by atoms with E-state index in [0.29, 0.717) is 12.3 Å². The van der Waals surface area contributed by atoms with Crippen LogP contribution >= 0.6 is 11.3 Å². The summed E-state index contributed by atoms with van der Waals surface area (Å²) in [5.74, 6) is 1.02. The summed E-state index contributed by atoms with van der Waals surface area (Å²) in [5, 5.41) is 1.29. The zero-order chi connectivity index (χ0) is 11.8. The minimum absolute atomic E-state index is 0.294. The smallest absolute Gasteiger partial charge is 0.120 e. The van der Waals surface area contributed by atoms with E-state index in [2.05, 4.69) is 25.1 Å². The van der Waals surface area contributed by atoms with E-state index in [1.165, 1.54) is 28.1 Å². The summed E-state index contributed by atoms with van der Waals surface area (Å²) in [6.45, 7) is 2.09. The highest BCUT2D eigenvalue weighted by Gasteiger charge is 2.27. The van der Waals surface area contributed by atoms with Crippen molar-refractivity contribution in [1.82, 2.24) is 4.98 Å². The van der Waals surface area contributed by atoms with Gasteiger partial charge in [-0.25, -0.2) is 4.98 Å². The van der Waals surface area contributed by atoms with Crippen molar-refractivity contribution in [3.05, 3.63) is 28.8 Å². The van der Waals surface area contributed by atoms with E-state index in [9.17, 15) is 4.79 Å². The lowest BCUT2D eigenvalue weighted by molar-refractivity contribution is -0.108. The van der Waals surface area contributed by atoms with Crippen LogP contribution in [0.2, 0.25) is 0 Å². The van der Waals surface area contributed by atoms with Crippen LogP contribution < -0.4 is 0 Å². The van der Waals surface area contributed by atoms with Crippen molar-refractivity contribution in [1.29, 1.82) is 0 Å². The second-order valence-corrected chi connectivity index (χ2v) is 5.92. The first-order valence-electron chi connectivity index (χ1n) is 6.12. The van der Waals surface area contributed by atoms with Crippen LogP contribution in [-0.4, -0.2) is 11.3 Å². The number of carbonyl (C=O) groups excluding carboxylic acids is 1. The average molecular weight is 245 g/mol. The van der Waals surface area contributed by atoms with Crippen molar-refractivity contribution in [2.45, 2.75) is 38.0 Å². The van der Waals surface area contributed by atoms with Gasteiger partial charge in [-0.3, -0.25) is 0 Å². The Morgan fingerprint density at radius 1 is 1.53 bits per heavy atom. The number of carbonyl (C=O) groups is 1. The molecule has 0 spiro atoms. The minimum atomic E-state index is 0.294. The van der Waals surface area contributed by atoms with Gasteiger partial charge in [0.15, 0.2) is 0 Å². The maximum atomic E-state index is 10.5. The van der Waals surface area contributed by atoms with E-state index in [1.807, 2.05) is 11.3 Å². The Balaban J connectivity index is 1.96. The van der Waals surface area contributed by atoms with Gasteiger partial charge in [-0.15, -0.1) is 11.3 Å². The SMILES string of the molecule is CC(CC=O)c1ccc2sc(C3CC3)nc2c1. The van der Waals surface area contributed by atoms with Crippen molar-refractivity contribution in [2.75, 3.05) is 0 Å². The number of rotatable bonds is 4. The van der Waals surface area contributed by atoms with Gasteiger partial charge in [0.2, 0.25) is 0 Å². The van der Waals surface area contributed by atoms with Crippen molar-refractivity contribution < 1.29 is 4.79 Å². The highest BCUT2D eigenvalue weighted by atomic mass is 32.1. The number of hydrogen-bond acceptors (Lipinski definition) is 3. The fourth-order valence-corrected chi connectivity index (χ4v) is 3.17. The summed E-state index contributed by atoms with van der Waals surface area (Å²) in [6, 6.07) is 6.42. The molecule has 3 heteroatoms. The number of nitrogens with zero attached hydrogens (tertiary/aromatic N) is 1. The molecule has 3 rings (SSSR count). The van der Waals surface area contributed by atoms with Gasteiger partial charge >= 0.3 is 0 Å². The highest BCUT2D eigenvalue weighted by molar-refractivity contribution is 7.18. The number of benzene rings is 1. The fourth-order valence-electron chi connectivity index (χ4n) is 2.05. The second kappa shape index (κ2) is 4.22. The molecule has 1 aliphatic carbocycles. The zero-order valence-electron chi connectivity index (χ0n) is 9.85. The molecule has 1 atom stereocenters. The first-order chi connectivity index (χ1) is 8.28. The summed E-state index contributed by atoms with van der Waals surface area (Å²) < 4.78 is 1.27. The Bertz CT molecular complexity index is 556. The predicted octanol–water partition coefficient (Wildman–Crippen LogP) is 3.87. The number of aldehydes is 1. The van der Waals surface area contributed by atoms with Crippen LogP contribution in [0.4, 0.5) is 0 Å². The van der Waals surface area contributed by atoms with Crippen LogP contribution in [0.5, 0.6) is 0 Å². The van der Waals surface area contributed by atoms with Gasteiger partial charge in [0.25, 0.3) is 0 Å². The van der Waals surface area contributed by atoms with Gasteiger partial charge in [-0.05, 0) is 36.5 Å². The van der Waals surface area contributed by atoms with Crippen molar-refractivity contribution in [3.63, 3.8) is 0 Å². The van der Waals surface area contributed by atoms with Crippen molar-refractivity contribution >= 4 is 27.8 Å².